The van der Waals surface area contributed by atoms with E-state index in [1.165, 1.54) is 0 Å². The maximum absolute atomic E-state index is 14.9. The number of benzene rings is 2. The molecule has 3 fully saturated rings. The van der Waals surface area contributed by atoms with E-state index in [2.05, 4.69) is 31.9 Å². The van der Waals surface area contributed by atoms with E-state index >= 15 is 0 Å². The third-order valence-corrected chi connectivity index (χ3v) is 10.3. The normalized spacial score (nSPS) is 26.8. The molecule has 0 saturated carbocycles. The zero-order chi connectivity index (χ0) is 33.2. The lowest BCUT2D eigenvalue weighted by Crippen LogP contribution is -2.59. The highest BCUT2D eigenvalue weighted by atomic mass is 16.5. The van der Waals surface area contributed by atoms with Crippen LogP contribution in [0.25, 0.3) is 0 Å². The van der Waals surface area contributed by atoms with Crippen LogP contribution in [0.4, 0.5) is 17.1 Å². The highest BCUT2D eigenvalue weighted by Gasteiger charge is 2.78. The molecule has 3 aliphatic rings. The Labute approximate surface area is 273 Å². The van der Waals surface area contributed by atoms with E-state index in [0.29, 0.717) is 30.6 Å². The number of carbonyl (C=O) groups is 3. The molecule has 6 atom stereocenters. The molecular formula is C37H48N4O5. The van der Waals surface area contributed by atoms with Crippen molar-refractivity contribution in [1.82, 2.24) is 4.90 Å². The zero-order valence-corrected chi connectivity index (χ0v) is 27.6. The number of aliphatic hydroxyl groups is 1. The predicted octanol–water partition coefficient (Wildman–Crippen LogP) is 4.81. The smallest absolute Gasteiger partial charge is 0.253 e. The summed E-state index contributed by atoms with van der Waals surface area (Å²) in [5.74, 6) is -2.54. The lowest BCUT2D eigenvalue weighted by Gasteiger charge is -2.39. The summed E-state index contributed by atoms with van der Waals surface area (Å²) >= 11 is 0. The van der Waals surface area contributed by atoms with Gasteiger partial charge in [-0.05, 0) is 76.4 Å². The van der Waals surface area contributed by atoms with Crippen molar-refractivity contribution in [2.45, 2.75) is 70.2 Å². The number of amides is 3. The Kier molecular flexibility index (Phi) is 9.75. The molecule has 246 valence electrons. The standard InChI is InChI=1S/C37H48N4O5/c1-7-23-39(28-15-13-12-14-16-28)33(43)30-31-34(44)41(26(9-3)25-42)32(37(31)22-21-36(30,6)46-37)35(45)40(24-8-2)29-19-17-27(18-20-29)38(10-4)11-5/h7-8,12-20,26,30-32,42H,1-2,9-11,21-25H2,3-6H3/t26-,30-,31-,32?,36+,37?/m0/s1. The number of ether oxygens (including phenoxy) is 1. The molecule has 46 heavy (non-hydrogen) atoms. The number of fused-ring (bicyclic) bond motifs is 1. The number of para-hydroxylation sites is 1. The SMILES string of the molecule is C=CCN(C(=O)C1N([C@@H](CC)CO)C(=O)[C@@H]2[C@@H](C(=O)N(CC=C)c3ccccc3)[C@@]3(C)CCC12O3)c1ccc(N(CC)CC)cc1. The third-order valence-electron chi connectivity index (χ3n) is 10.3. The Morgan fingerprint density at radius 1 is 0.935 bits per heavy atom. The van der Waals surface area contributed by atoms with Gasteiger partial charge >= 0.3 is 0 Å². The molecule has 3 amide bonds. The number of hydrogen-bond donors (Lipinski definition) is 1. The van der Waals surface area contributed by atoms with Gasteiger partial charge in [-0.3, -0.25) is 14.4 Å². The predicted molar refractivity (Wildman–Crippen MR) is 182 cm³/mol. The molecule has 2 aromatic carbocycles. The van der Waals surface area contributed by atoms with Crippen molar-refractivity contribution in [3.05, 3.63) is 79.9 Å². The number of hydrogen-bond acceptors (Lipinski definition) is 6. The van der Waals surface area contributed by atoms with Crippen molar-refractivity contribution in [2.75, 3.05) is 47.5 Å². The Bertz CT molecular complexity index is 1440. The van der Waals surface area contributed by atoms with Gasteiger partial charge in [-0.1, -0.05) is 37.3 Å². The summed E-state index contributed by atoms with van der Waals surface area (Å²) in [5, 5.41) is 10.5. The topological polar surface area (TPSA) is 93.6 Å². The van der Waals surface area contributed by atoms with Gasteiger partial charge in [-0.25, -0.2) is 0 Å². The first kappa shape index (κ1) is 33.4. The molecule has 3 aliphatic heterocycles. The van der Waals surface area contributed by atoms with Gasteiger partial charge in [0, 0.05) is 43.2 Å². The molecule has 9 heteroatoms. The molecule has 1 spiro atoms. The van der Waals surface area contributed by atoms with Crippen molar-refractivity contribution in [2.24, 2.45) is 11.8 Å². The molecule has 1 N–H and O–H groups in total. The first-order valence-electron chi connectivity index (χ1n) is 16.5. The van der Waals surface area contributed by atoms with Crippen LogP contribution >= 0.6 is 0 Å². The van der Waals surface area contributed by atoms with Crippen LogP contribution in [0.5, 0.6) is 0 Å². The second-order valence-electron chi connectivity index (χ2n) is 12.7. The fraction of sp³-hybridized carbons (Fsp3) is 0.486. The maximum atomic E-state index is 14.9. The minimum Gasteiger partial charge on any atom is -0.394 e. The van der Waals surface area contributed by atoms with Gasteiger partial charge in [-0.15, -0.1) is 13.2 Å². The van der Waals surface area contributed by atoms with Crippen LogP contribution < -0.4 is 14.7 Å². The van der Waals surface area contributed by atoms with Crippen LogP contribution in [0.15, 0.2) is 79.9 Å². The highest BCUT2D eigenvalue weighted by molar-refractivity contribution is 6.07. The zero-order valence-electron chi connectivity index (χ0n) is 27.6. The lowest BCUT2D eigenvalue weighted by atomic mass is 9.66. The highest BCUT2D eigenvalue weighted by Crippen LogP contribution is 2.64. The third kappa shape index (κ3) is 5.33. The van der Waals surface area contributed by atoms with E-state index in [1.807, 2.05) is 68.4 Å². The average molecular weight is 629 g/mol. The summed E-state index contributed by atoms with van der Waals surface area (Å²) in [6.07, 6.45) is 4.76. The second-order valence-corrected chi connectivity index (χ2v) is 12.7. The molecule has 0 aliphatic carbocycles. The molecule has 2 bridgehead atoms. The Morgan fingerprint density at radius 2 is 1.50 bits per heavy atom. The van der Waals surface area contributed by atoms with Gasteiger partial charge in [0.25, 0.3) is 5.91 Å². The summed E-state index contributed by atoms with van der Waals surface area (Å²) in [5.41, 5.74) is 0.277. The summed E-state index contributed by atoms with van der Waals surface area (Å²) in [4.78, 5) is 51.2. The summed E-state index contributed by atoms with van der Waals surface area (Å²) < 4.78 is 6.89. The van der Waals surface area contributed by atoms with Crippen molar-refractivity contribution in [3.8, 4) is 0 Å². The van der Waals surface area contributed by atoms with Gasteiger partial charge in [0.05, 0.1) is 30.1 Å². The lowest BCUT2D eigenvalue weighted by molar-refractivity contribution is -0.148. The molecule has 2 unspecified atom stereocenters. The molecule has 0 aromatic heterocycles. The minimum absolute atomic E-state index is 0.222. The molecule has 3 heterocycles. The number of aliphatic hydroxyl groups excluding tert-OH is 1. The van der Waals surface area contributed by atoms with E-state index in [9.17, 15) is 19.5 Å². The van der Waals surface area contributed by atoms with Crippen LogP contribution in [-0.4, -0.2) is 83.8 Å². The van der Waals surface area contributed by atoms with E-state index in [-0.39, 0.29) is 37.4 Å². The van der Waals surface area contributed by atoms with Crippen molar-refractivity contribution >= 4 is 34.8 Å². The summed E-state index contributed by atoms with van der Waals surface area (Å²) in [7, 11) is 0. The van der Waals surface area contributed by atoms with Crippen LogP contribution in [-0.2, 0) is 19.1 Å². The van der Waals surface area contributed by atoms with E-state index in [4.69, 9.17) is 4.74 Å². The Balaban J connectivity index is 1.59. The molecule has 5 rings (SSSR count). The van der Waals surface area contributed by atoms with Crippen LogP contribution in [0.2, 0.25) is 0 Å². The first-order valence-corrected chi connectivity index (χ1v) is 16.5. The molecule has 9 nitrogen and oxygen atoms in total. The fourth-order valence-electron chi connectivity index (χ4n) is 8.09. The van der Waals surface area contributed by atoms with Crippen LogP contribution in [0, 0.1) is 11.8 Å². The number of likely N-dealkylation sites (tertiary alicyclic amines) is 1. The Hall–Kier alpha value is -3.95. The number of carbonyl (C=O) groups excluding carboxylic acids is 3. The summed E-state index contributed by atoms with van der Waals surface area (Å²) in [6.45, 7) is 17.7. The van der Waals surface area contributed by atoms with Crippen molar-refractivity contribution in [3.63, 3.8) is 0 Å². The van der Waals surface area contributed by atoms with E-state index in [1.54, 1.807) is 26.9 Å². The second kappa shape index (κ2) is 13.4. The molecule has 0 radical (unpaired) electrons. The molecule has 3 saturated heterocycles. The molecule has 2 aromatic rings. The van der Waals surface area contributed by atoms with Gasteiger partial charge in [0.1, 0.15) is 11.6 Å². The van der Waals surface area contributed by atoms with Gasteiger partial charge in [0.15, 0.2) is 0 Å². The first-order chi connectivity index (χ1) is 22.2. The van der Waals surface area contributed by atoms with Crippen molar-refractivity contribution in [1.29, 1.82) is 0 Å². The number of nitrogens with zero attached hydrogens (tertiary/aromatic N) is 4. The fourth-order valence-corrected chi connectivity index (χ4v) is 8.09. The quantitative estimate of drug-likeness (QED) is 0.302. The average Bonchev–Trinajstić information content (AvgIpc) is 3.64. The van der Waals surface area contributed by atoms with Crippen molar-refractivity contribution < 1.29 is 24.2 Å². The monoisotopic (exact) mass is 628 g/mol. The van der Waals surface area contributed by atoms with E-state index in [0.717, 1.165) is 18.8 Å². The molecular weight excluding hydrogens is 580 g/mol. The maximum Gasteiger partial charge on any atom is 0.253 e. The van der Waals surface area contributed by atoms with Gasteiger partial charge in [-0.2, -0.15) is 0 Å². The summed E-state index contributed by atoms with van der Waals surface area (Å²) in [6, 6.07) is 15.5. The van der Waals surface area contributed by atoms with E-state index < -0.39 is 35.1 Å². The van der Waals surface area contributed by atoms with Crippen LogP contribution in [0.1, 0.15) is 47.0 Å². The van der Waals surface area contributed by atoms with Crippen LogP contribution in [0.3, 0.4) is 0 Å². The number of rotatable bonds is 14. The minimum atomic E-state index is -1.22. The largest absolute Gasteiger partial charge is 0.394 e. The Morgan fingerprint density at radius 3 is 2.04 bits per heavy atom. The number of anilines is 3. The van der Waals surface area contributed by atoms with Gasteiger partial charge < -0.3 is 29.4 Å². The van der Waals surface area contributed by atoms with Gasteiger partial charge in [0.2, 0.25) is 11.8 Å².